The zero-order valence-corrected chi connectivity index (χ0v) is 20.3. The van der Waals surface area contributed by atoms with Crippen LogP contribution in [0.5, 0.6) is 0 Å². The van der Waals surface area contributed by atoms with Gasteiger partial charge in [0, 0.05) is 49.4 Å². The highest BCUT2D eigenvalue weighted by atomic mass is 16.2. The number of carbonyl (C=O) groups is 3. The van der Waals surface area contributed by atoms with E-state index in [2.05, 4.69) is 21.0 Å². The maximum atomic E-state index is 13.2. The number of carbonyl (C=O) groups excluding carboxylic acids is 3. The van der Waals surface area contributed by atoms with Crippen molar-refractivity contribution in [2.45, 2.75) is 63.8 Å². The molecule has 11 heteroatoms. The largest absolute Gasteiger partial charge is 0.333 e. The number of anilines is 1. The van der Waals surface area contributed by atoms with Crippen molar-refractivity contribution in [3.63, 3.8) is 0 Å². The van der Waals surface area contributed by atoms with E-state index in [-0.39, 0.29) is 35.3 Å². The first-order valence-corrected chi connectivity index (χ1v) is 12.8. The molecule has 2 bridgehead atoms. The zero-order valence-electron chi connectivity index (χ0n) is 20.3. The number of likely N-dealkylation sites (tertiary alicyclic amines) is 1. The molecule has 11 nitrogen and oxygen atoms in total. The molecular weight excluding hydrogens is 462 g/mol. The second-order valence-electron chi connectivity index (χ2n) is 10.6. The molecule has 3 amide bonds. The van der Waals surface area contributed by atoms with Gasteiger partial charge in [0.05, 0.1) is 11.6 Å². The van der Waals surface area contributed by atoms with Crippen LogP contribution in [-0.4, -0.2) is 56.1 Å². The Morgan fingerprint density at radius 2 is 1.94 bits per heavy atom. The standard InChI is InChI=1S/C25H31N7O4/c1-14-9-20(32(29-14)25-26-18-6-3-2-5-17(18)22(34)28-25)27-23(35)24(36)30-11-15-10-16(13-30)19-7-4-8-21(33)31(19)12-15/h4,7-9,15-18,25-26H,2-3,5-6,10-13H2,1H3,(H,27,35)(H,28,34). The highest BCUT2D eigenvalue weighted by Gasteiger charge is 2.40. The average molecular weight is 494 g/mol. The van der Waals surface area contributed by atoms with Crippen LogP contribution in [0.2, 0.25) is 0 Å². The summed E-state index contributed by atoms with van der Waals surface area (Å²) in [6, 6.07) is 7.00. The van der Waals surface area contributed by atoms with Gasteiger partial charge in [-0.15, -0.1) is 0 Å². The molecule has 3 N–H and O–H groups in total. The predicted octanol–water partition coefficient (Wildman–Crippen LogP) is 0.672. The third-order valence-corrected chi connectivity index (χ3v) is 8.06. The van der Waals surface area contributed by atoms with Crippen molar-refractivity contribution in [1.29, 1.82) is 0 Å². The lowest BCUT2D eigenvalue weighted by Gasteiger charge is -2.42. The third kappa shape index (κ3) is 4.01. The average Bonchev–Trinajstić information content (AvgIpc) is 3.24. The Morgan fingerprint density at radius 3 is 2.81 bits per heavy atom. The van der Waals surface area contributed by atoms with E-state index in [1.54, 1.807) is 34.6 Å². The molecule has 1 saturated carbocycles. The molecule has 5 unspecified atom stereocenters. The Morgan fingerprint density at radius 1 is 1.11 bits per heavy atom. The SMILES string of the molecule is Cc1cc(NC(=O)C(=O)N2CC3CC(C2)c2cccc(=O)n2C3)n(C2NC(=O)C3CCCCC3N2)n1. The van der Waals surface area contributed by atoms with Crippen molar-refractivity contribution < 1.29 is 14.4 Å². The van der Waals surface area contributed by atoms with E-state index in [0.717, 1.165) is 37.8 Å². The maximum absolute atomic E-state index is 13.2. The molecule has 5 heterocycles. The van der Waals surface area contributed by atoms with Gasteiger partial charge in [0.1, 0.15) is 5.82 Å². The Bertz CT molecular complexity index is 1280. The summed E-state index contributed by atoms with van der Waals surface area (Å²) in [5.41, 5.74) is 1.56. The molecule has 2 aromatic rings. The van der Waals surface area contributed by atoms with Crippen LogP contribution in [0.15, 0.2) is 29.1 Å². The van der Waals surface area contributed by atoms with Crippen molar-refractivity contribution in [3.05, 3.63) is 46.0 Å². The van der Waals surface area contributed by atoms with Crippen molar-refractivity contribution in [1.82, 2.24) is 29.9 Å². The number of nitrogens with zero attached hydrogens (tertiary/aromatic N) is 4. The molecule has 0 aromatic carbocycles. The first kappa shape index (κ1) is 23.0. The topological polar surface area (TPSA) is 130 Å². The molecule has 1 aliphatic carbocycles. The fourth-order valence-electron chi connectivity index (χ4n) is 6.44. The Balaban J connectivity index is 1.17. The fraction of sp³-hybridized carbons (Fsp3) is 0.560. The smallest absolute Gasteiger partial charge is 0.315 e. The third-order valence-electron chi connectivity index (χ3n) is 8.06. The van der Waals surface area contributed by atoms with Crippen LogP contribution >= 0.6 is 0 Å². The van der Waals surface area contributed by atoms with E-state index >= 15 is 0 Å². The molecule has 36 heavy (non-hydrogen) atoms. The monoisotopic (exact) mass is 493 g/mol. The van der Waals surface area contributed by atoms with Gasteiger partial charge in [-0.05, 0) is 38.2 Å². The number of hydrogen-bond donors (Lipinski definition) is 3. The molecule has 190 valence electrons. The molecule has 3 fully saturated rings. The number of pyridine rings is 1. The summed E-state index contributed by atoms with van der Waals surface area (Å²) in [7, 11) is 0. The number of piperidine rings is 1. The van der Waals surface area contributed by atoms with Crippen molar-refractivity contribution in [3.8, 4) is 0 Å². The van der Waals surface area contributed by atoms with Gasteiger partial charge in [-0.3, -0.25) is 24.5 Å². The number of aromatic nitrogens is 3. The zero-order chi connectivity index (χ0) is 25.0. The van der Waals surface area contributed by atoms with Gasteiger partial charge in [0.2, 0.25) is 5.91 Å². The molecule has 6 rings (SSSR count). The molecule has 5 atom stereocenters. The van der Waals surface area contributed by atoms with E-state index in [0.29, 0.717) is 31.1 Å². The summed E-state index contributed by atoms with van der Waals surface area (Å²) >= 11 is 0. The fourth-order valence-corrected chi connectivity index (χ4v) is 6.44. The van der Waals surface area contributed by atoms with Crippen LogP contribution < -0.4 is 21.5 Å². The quantitative estimate of drug-likeness (QED) is 0.528. The maximum Gasteiger partial charge on any atom is 0.315 e. The summed E-state index contributed by atoms with van der Waals surface area (Å²) in [4.78, 5) is 52.8. The van der Waals surface area contributed by atoms with Gasteiger partial charge in [-0.1, -0.05) is 18.9 Å². The van der Waals surface area contributed by atoms with Gasteiger partial charge in [0.15, 0.2) is 6.29 Å². The first-order chi connectivity index (χ1) is 17.4. The normalized spacial score (nSPS) is 29.1. The highest BCUT2D eigenvalue weighted by molar-refractivity contribution is 6.39. The van der Waals surface area contributed by atoms with Crippen molar-refractivity contribution >= 4 is 23.5 Å². The van der Waals surface area contributed by atoms with Gasteiger partial charge in [0.25, 0.3) is 5.56 Å². The first-order valence-electron chi connectivity index (χ1n) is 12.8. The van der Waals surface area contributed by atoms with E-state index in [9.17, 15) is 19.2 Å². The lowest BCUT2D eigenvalue weighted by Crippen LogP contribution is -2.59. The summed E-state index contributed by atoms with van der Waals surface area (Å²) in [5, 5.41) is 13.6. The van der Waals surface area contributed by atoms with E-state index in [1.165, 1.54) is 4.68 Å². The van der Waals surface area contributed by atoms with Crippen LogP contribution in [0.1, 0.15) is 55.7 Å². The molecule has 3 aliphatic heterocycles. The minimum atomic E-state index is -0.737. The molecule has 2 aromatic heterocycles. The Labute approximate surface area is 208 Å². The van der Waals surface area contributed by atoms with Gasteiger partial charge < -0.3 is 20.1 Å². The molecule has 0 spiro atoms. The van der Waals surface area contributed by atoms with Gasteiger partial charge in [-0.25, -0.2) is 4.68 Å². The molecule has 2 saturated heterocycles. The van der Waals surface area contributed by atoms with Crippen molar-refractivity contribution in [2.75, 3.05) is 18.4 Å². The van der Waals surface area contributed by atoms with Gasteiger partial charge in [-0.2, -0.15) is 5.10 Å². The Kier molecular flexibility index (Phi) is 5.66. The molecule has 0 radical (unpaired) electrons. The lowest BCUT2D eigenvalue weighted by atomic mass is 9.83. The van der Waals surface area contributed by atoms with Crippen molar-refractivity contribution in [2.24, 2.45) is 11.8 Å². The number of amides is 3. The number of hydrogen-bond acceptors (Lipinski definition) is 6. The number of nitrogens with one attached hydrogen (secondary N) is 3. The second kappa shape index (κ2) is 8.88. The summed E-state index contributed by atoms with van der Waals surface area (Å²) < 4.78 is 3.33. The van der Waals surface area contributed by atoms with Crippen LogP contribution in [-0.2, 0) is 20.9 Å². The molecular formula is C25H31N7O4. The van der Waals surface area contributed by atoms with E-state index in [4.69, 9.17) is 0 Å². The highest BCUT2D eigenvalue weighted by Crippen LogP contribution is 2.35. The number of aryl methyl sites for hydroxylation is 1. The van der Waals surface area contributed by atoms with Crippen LogP contribution in [0, 0.1) is 18.8 Å². The van der Waals surface area contributed by atoms with Crippen LogP contribution in [0.4, 0.5) is 5.82 Å². The Hall–Kier alpha value is -3.47. The molecule has 4 aliphatic rings. The van der Waals surface area contributed by atoms with Gasteiger partial charge >= 0.3 is 11.8 Å². The minimum Gasteiger partial charge on any atom is -0.333 e. The number of rotatable bonds is 2. The lowest BCUT2D eigenvalue weighted by molar-refractivity contribution is -0.145. The summed E-state index contributed by atoms with van der Waals surface area (Å²) in [6.07, 6.45) is 4.20. The number of fused-ring (bicyclic) bond motifs is 5. The summed E-state index contributed by atoms with van der Waals surface area (Å²) in [6.45, 7) is 3.18. The second-order valence-corrected chi connectivity index (χ2v) is 10.6. The van der Waals surface area contributed by atoms with E-state index in [1.807, 2.05) is 6.07 Å². The van der Waals surface area contributed by atoms with E-state index < -0.39 is 18.1 Å². The summed E-state index contributed by atoms with van der Waals surface area (Å²) in [5.74, 6) is -0.886. The van der Waals surface area contributed by atoms with Crippen LogP contribution in [0.3, 0.4) is 0 Å². The van der Waals surface area contributed by atoms with Crippen LogP contribution in [0.25, 0.3) is 0 Å². The minimum absolute atomic E-state index is 0.01000. The predicted molar refractivity (Wildman–Crippen MR) is 130 cm³/mol.